The smallest absolute Gasteiger partial charge is 0.271 e. The van der Waals surface area contributed by atoms with Gasteiger partial charge in [-0.05, 0) is 53.9 Å². The largest absolute Gasteiger partial charge is 0.379 e. The minimum Gasteiger partial charge on any atom is -0.379 e. The van der Waals surface area contributed by atoms with Crippen LogP contribution in [-0.2, 0) is 14.8 Å². The Balaban J connectivity index is 1.43. The molecule has 1 aliphatic heterocycles. The molecule has 4 aliphatic rings. The van der Waals surface area contributed by atoms with E-state index in [0.717, 1.165) is 12.3 Å². The molecule has 1 saturated heterocycles. The number of sulfonamides is 1. The van der Waals surface area contributed by atoms with Crippen molar-refractivity contribution in [2.24, 2.45) is 22.4 Å². The first-order valence-electron chi connectivity index (χ1n) is 10.0. The van der Waals surface area contributed by atoms with Crippen molar-refractivity contribution in [3.05, 3.63) is 41.5 Å². The maximum absolute atomic E-state index is 12.8. The summed E-state index contributed by atoms with van der Waals surface area (Å²) < 4.78 is 32.2. The molecule has 1 N–H and O–H groups in total. The number of hydrogen-bond donors (Lipinski definition) is 1. The number of amides is 1. The molecule has 8 heteroatoms. The second-order valence-electron chi connectivity index (χ2n) is 8.49. The van der Waals surface area contributed by atoms with Crippen LogP contribution in [0.25, 0.3) is 0 Å². The van der Waals surface area contributed by atoms with Gasteiger partial charge in [0.05, 0.1) is 24.3 Å². The number of morpholine rings is 1. The number of carbonyl (C=O) groups excluding carboxylic acids is 1. The summed E-state index contributed by atoms with van der Waals surface area (Å²) in [5.74, 6) is 0.807. The minimum atomic E-state index is -3.64. The van der Waals surface area contributed by atoms with Gasteiger partial charge >= 0.3 is 0 Å². The van der Waals surface area contributed by atoms with Crippen molar-refractivity contribution >= 4 is 22.1 Å². The minimum absolute atomic E-state index is 0.105. The molecule has 2 atom stereocenters. The number of benzene rings is 1. The molecular formula is C21H27N3O4S. The predicted octanol–water partition coefficient (Wildman–Crippen LogP) is 2.42. The SMILES string of the molecule is CC1(C)[C@H]2CC=C(C=NNC(=O)c3cccc(S(=O)(=O)N4CCOCC4)c3)[C@H]1C2. The lowest BCUT2D eigenvalue weighted by Gasteiger charge is -2.55. The number of carbonyl (C=O) groups is 1. The predicted molar refractivity (Wildman–Crippen MR) is 110 cm³/mol. The Kier molecular flexibility index (Phi) is 5.35. The summed E-state index contributed by atoms with van der Waals surface area (Å²) >= 11 is 0. The van der Waals surface area contributed by atoms with E-state index in [2.05, 4.69) is 30.5 Å². The molecule has 0 aromatic heterocycles. The second-order valence-corrected chi connectivity index (χ2v) is 10.4. The fraction of sp³-hybridized carbons (Fsp3) is 0.524. The molecule has 7 nitrogen and oxygen atoms in total. The van der Waals surface area contributed by atoms with Crippen LogP contribution in [0.3, 0.4) is 0 Å². The van der Waals surface area contributed by atoms with Gasteiger partial charge in [-0.15, -0.1) is 0 Å². The van der Waals surface area contributed by atoms with Gasteiger partial charge in [-0.1, -0.05) is 26.0 Å². The van der Waals surface area contributed by atoms with E-state index in [1.165, 1.54) is 28.4 Å². The maximum atomic E-state index is 12.8. The highest BCUT2D eigenvalue weighted by Gasteiger charge is 2.50. The molecule has 1 aromatic rings. The van der Waals surface area contributed by atoms with Gasteiger partial charge in [0.25, 0.3) is 5.91 Å². The Labute approximate surface area is 171 Å². The first-order valence-corrected chi connectivity index (χ1v) is 11.5. The van der Waals surface area contributed by atoms with Crippen LogP contribution in [0.5, 0.6) is 0 Å². The van der Waals surface area contributed by atoms with Gasteiger partial charge in [-0.3, -0.25) is 4.79 Å². The van der Waals surface area contributed by atoms with Crippen molar-refractivity contribution in [2.75, 3.05) is 26.3 Å². The Morgan fingerprint density at radius 3 is 2.76 bits per heavy atom. The van der Waals surface area contributed by atoms with Crippen molar-refractivity contribution in [2.45, 2.75) is 31.6 Å². The van der Waals surface area contributed by atoms with Gasteiger partial charge in [0.15, 0.2) is 0 Å². The van der Waals surface area contributed by atoms with E-state index in [1.807, 2.05) is 0 Å². The highest BCUT2D eigenvalue weighted by atomic mass is 32.2. The third kappa shape index (κ3) is 3.76. The van der Waals surface area contributed by atoms with Crippen LogP contribution >= 0.6 is 0 Å². The van der Waals surface area contributed by atoms with E-state index in [1.54, 1.807) is 18.3 Å². The number of fused-ring (bicyclic) bond motifs is 1. The van der Waals surface area contributed by atoms with Crippen molar-refractivity contribution in [1.82, 2.24) is 9.73 Å². The number of nitrogens with zero attached hydrogens (tertiary/aromatic N) is 2. The van der Waals surface area contributed by atoms with Crippen LogP contribution in [0, 0.1) is 17.3 Å². The molecule has 2 fully saturated rings. The Morgan fingerprint density at radius 2 is 2.07 bits per heavy atom. The molecule has 1 aromatic carbocycles. The average Bonchev–Trinajstić information content (AvgIpc) is 2.74. The van der Waals surface area contributed by atoms with E-state index in [-0.39, 0.29) is 10.5 Å². The molecule has 0 unspecified atom stereocenters. The third-order valence-corrected chi connectivity index (χ3v) is 8.49. The van der Waals surface area contributed by atoms with Gasteiger partial charge in [0.1, 0.15) is 0 Å². The lowest BCUT2D eigenvalue weighted by atomic mass is 9.49. The van der Waals surface area contributed by atoms with E-state index in [9.17, 15) is 13.2 Å². The Hall–Kier alpha value is -2.03. The number of nitrogens with one attached hydrogen (secondary N) is 1. The standard InChI is InChI=1S/C21H27N3O4S/c1-21(2)17-7-6-16(19(21)13-17)14-22-23-20(25)15-4-3-5-18(12-15)29(26,27)24-8-10-28-11-9-24/h3-6,12,14,17,19H,7-11,13H2,1-2H3,(H,23,25)/t17-,19+/m0/s1. The summed E-state index contributed by atoms with van der Waals surface area (Å²) in [6, 6.07) is 6.07. The van der Waals surface area contributed by atoms with Crippen molar-refractivity contribution in [1.29, 1.82) is 0 Å². The first kappa shape index (κ1) is 20.3. The van der Waals surface area contributed by atoms with Crippen LogP contribution in [-0.4, -0.2) is 51.1 Å². The lowest BCUT2D eigenvalue weighted by Crippen LogP contribution is -2.48. The van der Waals surface area contributed by atoms with Gasteiger partial charge < -0.3 is 4.74 Å². The average molecular weight is 418 g/mol. The Bertz CT molecular complexity index is 962. The summed E-state index contributed by atoms with van der Waals surface area (Å²) in [6.45, 7) is 5.95. The van der Waals surface area contributed by atoms with E-state index in [4.69, 9.17) is 4.74 Å². The van der Waals surface area contributed by atoms with Gasteiger partial charge in [0.2, 0.25) is 10.0 Å². The summed E-state index contributed by atoms with van der Waals surface area (Å²) in [5, 5.41) is 4.12. The zero-order valence-electron chi connectivity index (χ0n) is 16.8. The third-order valence-electron chi connectivity index (χ3n) is 6.59. The first-order chi connectivity index (χ1) is 13.8. The molecule has 5 rings (SSSR count). The van der Waals surface area contributed by atoms with Crippen LogP contribution in [0.15, 0.2) is 45.9 Å². The van der Waals surface area contributed by atoms with E-state index in [0.29, 0.717) is 37.6 Å². The number of hydrazone groups is 1. The Morgan fingerprint density at radius 1 is 1.31 bits per heavy atom. The second kappa shape index (κ2) is 7.66. The number of ether oxygens (including phenoxy) is 1. The molecule has 0 radical (unpaired) electrons. The summed E-state index contributed by atoms with van der Waals surface area (Å²) in [5.41, 5.74) is 4.26. The summed E-state index contributed by atoms with van der Waals surface area (Å²) in [7, 11) is -3.64. The fourth-order valence-electron chi connectivity index (χ4n) is 4.51. The van der Waals surface area contributed by atoms with Crippen LogP contribution in [0.1, 0.15) is 37.0 Å². The molecular weight excluding hydrogens is 390 g/mol. The molecule has 1 saturated carbocycles. The zero-order valence-corrected chi connectivity index (χ0v) is 17.6. The van der Waals surface area contributed by atoms with Crippen molar-refractivity contribution in [3.8, 4) is 0 Å². The van der Waals surface area contributed by atoms with Crippen molar-refractivity contribution in [3.63, 3.8) is 0 Å². The highest BCUT2D eigenvalue weighted by Crippen LogP contribution is 2.58. The number of rotatable bonds is 5. The topological polar surface area (TPSA) is 88.1 Å². The fourth-order valence-corrected chi connectivity index (χ4v) is 5.96. The number of hydrogen-bond acceptors (Lipinski definition) is 5. The van der Waals surface area contributed by atoms with Gasteiger partial charge in [0, 0.05) is 18.7 Å². The quantitative estimate of drug-likeness (QED) is 0.589. The van der Waals surface area contributed by atoms with Gasteiger partial charge in [-0.2, -0.15) is 9.41 Å². The molecule has 29 heavy (non-hydrogen) atoms. The molecule has 156 valence electrons. The molecule has 1 amide bonds. The molecule has 2 bridgehead atoms. The van der Waals surface area contributed by atoms with Crippen molar-refractivity contribution < 1.29 is 17.9 Å². The van der Waals surface area contributed by atoms with E-state index < -0.39 is 15.9 Å². The molecule has 0 spiro atoms. The molecule has 1 heterocycles. The monoisotopic (exact) mass is 417 g/mol. The highest BCUT2D eigenvalue weighted by molar-refractivity contribution is 7.89. The molecule has 3 aliphatic carbocycles. The van der Waals surface area contributed by atoms with Gasteiger partial charge in [-0.25, -0.2) is 13.8 Å². The van der Waals surface area contributed by atoms with Crippen LogP contribution in [0.2, 0.25) is 0 Å². The maximum Gasteiger partial charge on any atom is 0.271 e. The number of allylic oxidation sites excluding steroid dienone is 2. The summed E-state index contributed by atoms with van der Waals surface area (Å²) in [6.07, 6.45) is 6.17. The summed E-state index contributed by atoms with van der Waals surface area (Å²) in [4.78, 5) is 12.6. The lowest BCUT2D eigenvalue weighted by molar-refractivity contribution is -0.00126. The van der Waals surface area contributed by atoms with E-state index >= 15 is 0 Å². The van der Waals surface area contributed by atoms with Crippen LogP contribution < -0.4 is 5.43 Å². The zero-order chi connectivity index (χ0) is 20.6. The normalized spacial score (nSPS) is 26.6. The van der Waals surface area contributed by atoms with Crippen LogP contribution in [0.4, 0.5) is 0 Å².